The van der Waals surface area contributed by atoms with Crippen molar-refractivity contribution in [2.45, 2.75) is 0 Å². The summed E-state index contributed by atoms with van der Waals surface area (Å²) in [6.07, 6.45) is 1.10. The molecule has 3 aromatic rings. The maximum Gasteiger partial charge on any atom is 0.229 e. The molecule has 0 aliphatic heterocycles. The summed E-state index contributed by atoms with van der Waals surface area (Å²) in [6.45, 7) is 0. The van der Waals surface area contributed by atoms with Crippen LogP contribution in [0.25, 0.3) is 22.4 Å². The van der Waals surface area contributed by atoms with E-state index in [0.717, 1.165) is 28.6 Å². The molecule has 1 heterocycles. The average Bonchev–Trinajstić information content (AvgIpc) is 2.95. The molecule has 2 N–H and O–H groups in total. The van der Waals surface area contributed by atoms with Gasteiger partial charge in [0.05, 0.1) is 42.8 Å². The maximum absolute atomic E-state index is 11.4. The maximum atomic E-state index is 11.4. The standard InChI is InChI=1S/C16H17N3O4S/c1-22-11-5-7-13-14(9-11)18-16(17-13)12-6-4-10(8-15(12)23-2)19-24(3,20)21/h4-9,19H,1-3H3,(H,17,18). The Morgan fingerprint density at radius 3 is 2.54 bits per heavy atom. The summed E-state index contributed by atoms with van der Waals surface area (Å²) in [5.74, 6) is 1.86. The molecule has 0 aliphatic rings. The third-order valence-electron chi connectivity index (χ3n) is 3.45. The molecule has 0 radical (unpaired) electrons. The van der Waals surface area contributed by atoms with Crippen LogP contribution < -0.4 is 14.2 Å². The van der Waals surface area contributed by atoms with E-state index in [1.807, 2.05) is 18.2 Å². The number of sulfonamides is 1. The van der Waals surface area contributed by atoms with Crippen LogP contribution >= 0.6 is 0 Å². The van der Waals surface area contributed by atoms with E-state index in [1.54, 1.807) is 25.3 Å². The van der Waals surface area contributed by atoms with E-state index >= 15 is 0 Å². The Morgan fingerprint density at radius 2 is 1.88 bits per heavy atom. The van der Waals surface area contributed by atoms with Crippen LogP contribution in [-0.2, 0) is 10.0 Å². The second-order valence-electron chi connectivity index (χ2n) is 5.26. The van der Waals surface area contributed by atoms with Gasteiger partial charge in [-0.25, -0.2) is 13.4 Å². The zero-order valence-electron chi connectivity index (χ0n) is 13.5. The number of nitrogens with one attached hydrogen (secondary N) is 2. The smallest absolute Gasteiger partial charge is 0.229 e. The van der Waals surface area contributed by atoms with Crippen molar-refractivity contribution in [3.63, 3.8) is 0 Å². The number of anilines is 1. The van der Waals surface area contributed by atoms with E-state index in [9.17, 15) is 8.42 Å². The van der Waals surface area contributed by atoms with Crippen LogP contribution in [0, 0.1) is 0 Å². The molecule has 0 unspecified atom stereocenters. The van der Waals surface area contributed by atoms with Gasteiger partial charge in [0.25, 0.3) is 0 Å². The molecule has 0 spiro atoms. The van der Waals surface area contributed by atoms with E-state index < -0.39 is 10.0 Å². The number of rotatable bonds is 5. The average molecular weight is 347 g/mol. The number of H-pyrrole nitrogens is 1. The van der Waals surface area contributed by atoms with E-state index in [1.165, 1.54) is 7.11 Å². The Kier molecular flexibility index (Phi) is 4.06. The first kappa shape index (κ1) is 16.1. The predicted octanol–water partition coefficient (Wildman–Crippen LogP) is 2.62. The van der Waals surface area contributed by atoms with Gasteiger partial charge in [0.15, 0.2) is 0 Å². The fourth-order valence-electron chi connectivity index (χ4n) is 2.40. The van der Waals surface area contributed by atoms with E-state index in [0.29, 0.717) is 17.3 Å². The van der Waals surface area contributed by atoms with Gasteiger partial charge in [-0.1, -0.05) is 0 Å². The summed E-state index contributed by atoms with van der Waals surface area (Å²) < 4.78 is 35.7. The molecule has 24 heavy (non-hydrogen) atoms. The summed E-state index contributed by atoms with van der Waals surface area (Å²) in [5.41, 5.74) is 2.79. The summed E-state index contributed by atoms with van der Waals surface area (Å²) in [5, 5.41) is 0. The highest BCUT2D eigenvalue weighted by Gasteiger charge is 2.13. The molecule has 3 rings (SSSR count). The lowest BCUT2D eigenvalue weighted by Crippen LogP contribution is -2.09. The lowest BCUT2D eigenvalue weighted by Gasteiger charge is -2.09. The first-order valence-electron chi connectivity index (χ1n) is 7.09. The van der Waals surface area contributed by atoms with Crippen LogP contribution in [0.15, 0.2) is 36.4 Å². The Labute approximate surface area is 139 Å². The molecule has 0 fully saturated rings. The van der Waals surface area contributed by atoms with Gasteiger partial charge < -0.3 is 14.5 Å². The van der Waals surface area contributed by atoms with E-state index in [-0.39, 0.29) is 0 Å². The van der Waals surface area contributed by atoms with Gasteiger partial charge >= 0.3 is 0 Å². The molecule has 0 atom stereocenters. The number of fused-ring (bicyclic) bond motifs is 1. The molecule has 8 heteroatoms. The van der Waals surface area contributed by atoms with Crippen LogP contribution in [0.4, 0.5) is 5.69 Å². The number of aromatic nitrogens is 2. The fraction of sp³-hybridized carbons (Fsp3) is 0.188. The number of methoxy groups -OCH3 is 2. The van der Waals surface area contributed by atoms with Gasteiger partial charge in [0.1, 0.15) is 17.3 Å². The number of imidazole rings is 1. The van der Waals surface area contributed by atoms with Gasteiger partial charge in [-0.2, -0.15) is 0 Å². The van der Waals surface area contributed by atoms with Gasteiger partial charge in [-0.15, -0.1) is 0 Å². The second kappa shape index (κ2) is 6.04. The van der Waals surface area contributed by atoms with Crippen LogP contribution in [0.5, 0.6) is 11.5 Å². The molecule has 2 aromatic carbocycles. The molecule has 0 aliphatic carbocycles. The van der Waals surface area contributed by atoms with Gasteiger partial charge in [-0.3, -0.25) is 4.72 Å². The summed E-state index contributed by atoms with van der Waals surface area (Å²) in [4.78, 5) is 7.77. The lowest BCUT2D eigenvalue weighted by atomic mass is 10.1. The third-order valence-corrected chi connectivity index (χ3v) is 4.06. The number of hydrogen-bond donors (Lipinski definition) is 2. The summed E-state index contributed by atoms with van der Waals surface area (Å²) in [6, 6.07) is 10.6. The molecular weight excluding hydrogens is 330 g/mol. The predicted molar refractivity (Wildman–Crippen MR) is 93.1 cm³/mol. The first-order chi connectivity index (χ1) is 11.4. The van der Waals surface area contributed by atoms with Crippen LogP contribution in [0.2, 0.25) is 0 Å². The quantitative estimate of drug-likeness (QED) is 0.740. The van der Waals surface area contributed by atoms with Crippen LogP contribution in [0.1, 0.15) is 0 Å². The number of benzene rings is 2. The highest BCUT2D eigenvalue weighted by atomic mass is 32.2. The lowest BCUT2D eigenvalue weighted by molar-refractivity contribution is 0.415. The normalized spacial score (nSPS) is 11.5. The molecular formula is C16H17N3O4S. The van der Waals surface area contributed by atoms with Gasteiger partial charge in [0, 0.05) is 12.1 Å². The largest absolute Gasteiger partial charge is 0.497 e. The Hall–Kier alpha value is -2.74. The minimum atomic E-state index is -3.35. The molecule has 0 amide bonds. The topological polar surface area (TPSA) is 93.3 Å². The highest BCUT2D eigenvalue weighted by Crippen LogP contribution is 2.32. The molecule has 126 valence electrons. The number of hydrogen-bond acceptors (Lipinski definition) is 5. The van der Waals surface area contributed by atoms with Crippen molar-refractivity contribution >= 4 is 26.7 Å². The Balaban J connectivity index is 2.05. The van der Waals surface area contributed by atoms with Crippen molar-refractivity contribution in [2.24, 2.45) is 0 Å². The van der Waals surface area contributed by atoms with Crippen molar-refractivity contribution < 1.29 is 17.9 Å². The fourth-order valence-corrected chi connectivity index (χ4v) is 2.96. The van der Waals surface area contributed by atoms with Crippen molar-refractivity contribution in [1.29, 1.82) is 0 Å². The van der Waals surface area contributed by atoms with Crippen molar-refractivity contribution in [3.8, 4) is 22.9 Å². The van der Waals surface area contributed by atoms with Crippen LogP contribution in [0.3, 0.4) is 0 Å². The number of ether oxygens (including phenoxy) is 2. The third kappa shape index (κ3) is 3.28. The zero-order chi connectivity index (χ0) is 17.3. The van der Waals surface area contributed by atoms with E-state index in [4.69, 9.17) is 9.47 Å². The molecule has 0 saturated carbocycles. The zero-order valence-corrected chi connectivity index (χ0v) is 14.3. The Bertz CT molecular complexity index is 996. The van der Waals surface area contributed by atoms with Crippen molar-refractivity contribution in [2.75, 3.05) is 25.2 Å². The second-order valence-corrected chi connectivity index (χ2v) is 7.01. The van der Waals surface area contributed by atoms with Crippen LogP contribution in [-0.4, -0.2) is 38.9 Å². The van der Waals surface area contributed by atoms with Gasteiger partial charge in [-0.05, 0) is 24.3 Å². The van der Waals surface area contributed by atoms with Crippen molar-refractivity contribution in [1.82, 2.24) is 9.97 Å². The molecule has 0 bridgehead atoms. The Morgan fingerprint density at radius 1 is 1.08 bits per heavy atom. The SMILES string of the molecule is COc1ccc2[nH]c(-c3ccc(NS(C)(=O)=O)cc3OC)nc2c1. The minimum Gasteiger partial charge on any atom is -0.497 e. The monoisotopic (exact) mass is 347 g/mol. The number of aromatic amines is 1. The summed E-state index contributed by atoms with van der Waals surface area (Å²) in [7, 11) is -0.226. The van der Waals surface area contributed by atoms with Gasteiger partial charge in [0.2, 0.25) is 10.0 Å². The first-order valence-corrected chi connectivity index (χ1v) is 8.99. The minimum absolute atomic E-state index is 0.427. The summed E-state index contributed by atoms with van der Waals surface area (Å²) >= 11 is 0. The number of nitrogens with zero attached hydrogens (tertiary/aromatic N) is 1. The van der Waals surface area contributed by atoms with E-state index in [2.05, 4.69) is 14.7 Å². The molecule has 0 saturated heterocycles. The molecule has 1 aromatic heterocycles. The molecule has 7 nitrogen and oxygen atoms in total. The highest BCUT2D eigenvalue weighted by molar-refractivity contribution is 7.92. The van der Waals surface area contributed by atoms with Crippen molar-refractivity contribution in [3.05, 3.63) is 36.4 Å².